The van der Waals surface area contributed by atoms with E-state index >= 15 is 0 Å². The number of unbranched alkanes of at least 4 members (excludes halogenated alkanes) is 1. The lowest BCUT2D eigenvalue weighted by atomic mass is 9.82. The number of carbonyl (C=O) groups is 1. The molecule has 1 fully saturated rings. The lowest BCUT2D eigenvalue weighted by Gasteiger charge is -2.25. The van der Waals surface area contributed by atoms with Crippen molar-refractivity contribution < 1.29 is 4.79 Å². The second-order valence-corrected chi connectivity index (χ2v) is 4.76. The number of hydrogen-bond donors (Lipinski definition) is 1. The van der Waals surface area contributed by atoms with E-state index < -0.39 is 0 Å². The van der Waals surface area contributed by atoms with Crippen LogP contribution in [0.2, 0.25) is 0 Å². The molecule has 0 aliphatic heterocycles. The van der Waals surface area contributed by atoms with Gasteiger partial charge in [-0.1, -0.05) is 24.9 Å². The third kappa shape index (κ3) is 3.93. The van der Waals surface area contributed by atoms with Crippen LogP contribution < -0.4 is 5.32 Å². The van der Waals surface area contributed by atoms with Gasteiger partial charge < -0.3 is 5.32 Å². The summed E-state index contributed by atoms with van der Waals surface area (Å²) >= 11 is 0. The fraction of sp³-hybridized carbons (Fsp3) is 0.917. The molecule has 0 aromatic carbocycles. The van der Waals surface area contributed by atoms with Crippen molar-refractivity contribution in [1.29, 1.82) is 0 Å². The van der Waals surface area contributed by atoms with Gasteiger partial charge in [-0.15, -0.1) is 0 Å². The van der Waals surface area contributed by atoms with E-state index in [0.29, 0.717) is 13.1 Å². The molecular formula is C12H22N4O. The number of carbonyl (C=O) groups excluding carboxylic acids is 1. The summed E-state index contributed by atoms with van der Waals surface area (Å²) in [5, 5.41) is 6.48. The lowest BCUT2D eigenvalue weighted by Crippen LogP contribution is -2.39. The first-order chi connectivity index (χ1) is 8.25. The molecule has 0 aromatic heterocycles. The molecule has 0 bridgehead atoms. The molecule has 0 saturated heterocycles. The predicted molar refractivity (Wildman–Crippen MR) is 67.4 cm³/mol. The second kappa shape index (κ2) is 7.17. The summed E-state index contributed by atoms with van der Waals surface area (Å²) in [4.78, 5) is 14.8. The molecule has 0 heterocycles. The summed E-state index contributed by atoms with van der Waals surface area (Å²) in [6.07, 6.45) is 7.09. The number of nitrogens with one attached hydrogen (secondary N) is 1. The van der Waals surface area contributed by atoms with Crippen molar-refractivity contribution in [2.24, 2.45) is 10.5 Å². The van der Waals surface area contributed by atoms with Gasteiger partial charge >= 0.3 is 0 Å². The number of azide groups is 1. The zero-order chi connectivity index (χ0) is 12.6. The van der Waals surface area contributed by atoms with Crippen molar-refractivity contribution in [2.75, 3.05) is 13.1 Å². The first-order valence-corrected chi connectivity index (χ1v) is 6.54. The summed E-state index contributed by atoms with van der Waals surface area (Å²) in [5.41, 5.74) is 8.02. The number of nitrogens with zero attached hydrogens (tertiary/aromatic N) is 3. The molecule has 1 aliphatic rings. The van der Waals surface area contributed by atoms with Crippen LogP contribution in [0.25, 0.3) is 10.4 Å². The zero-order valence-corrected chi connectivity index (χ0v) is 10.6. The van der Waals surface area contributed by atoms with Crippen molar-refractivity contribution in [3.8, 4) is 0 Å². The van der Waals surface area contributed by atoms with Gasteiger partial charge in [0.15, 0.2) is 0 Å². The Morgan fingerprint density at radius 1 is 1.41 bits per heavy atom. The van der Waals surface area contributed by atoms with Crippen LogP contribution in [0.4, 0.5) is 0 Å². The van der Waals surface area contributed by atoms with Gasteiger partial charge in [0.25, 0.3) is 0 Å². The Morgan fingerprint density at radius 2 is 2.12 bits per heavy atom. The first-order valence-electron chi connectivity index (χ1n) is 6.54. The maximum atomic E-state index is 12.1. The average molecular weight is 238 g/mol. The normalized spacial score (nSPS) is 17.5. The Kier molecular flexibility index (Phi) is 5.84. The third-order valence-corrected chi connectivity index (χ3v) is 3.75. The fourth-order valence-electron chi connectivity index (χ4n) is 2.53. The average Bonchev–Trinajstić information content (AvgIpc) is 2.83. The monoisotopic (exact) mass is 238 g/mol. The van der Waals surface area contributed by atoms with E-state index in [2.05, 4.69) is 22.3 Å². The quantitative estimate of drug-likeness (QED) is 0.314. The minimum absolute atomic E-state index is 0.0925. The minimum atomic E-state index is -0.0925. The van der Waals surface area contributed by atoms with Crippen molar-refractivity contribution in [3.05, 3.63) is 10.4 Å². The maximum absolute atomic E-state index is 12.1. The van der Waals surface area contributed by atoms with E-state index in [9.17, 15) is 4.79 Å². The molecule has 0 aromatic rings. The summed E-state index contributed by atoms with van der Waals surface area (Å²) in [6.45, 7) is 3.32. The minimum Gasteiger partial charge on any atom is -0.356 e. The van der Waals surface area contributed by atoms with Crippen LogP contribution in [0.3, 0.4) is 0 Å². The largest absolute Gasteiger partial charge is 0.356 e. The fourth-order valence-corrected chi connectivity index (χ4v) is 2.53. The molecule has 0 spiro atoms. The highest BCUT2D eigenvalue weighted by atomic mass is 16.2. The molecular weight excluding hydrogens is 216 g/mol. The van der Waals surface area contributed by atoms with E-state index in [0.717, 1.165) is 32.1 Å². The van der Waals surface area contributed by atoms with Gasteiger partial charge in [-0.3, -0.25) is 4.79 Å². The molecule has 1 amide bonds. The third-order valence-electron chi connectivity index (χ3n) is 3.75. The van der Waals surface area contributed by atoms with Crippen LogP contribution >= 0.6 is 0 Å². The maximum Gasteiger partial charge on any atom is 0.226 e. The Hall–Kier alpha value is -1.22. The van der Waals surface area contributed by atoms with Crippen molar-refractivity contribution in [2.45, 2.75) is 51.9 Å². The van der Waals surface area contributed by atoms with E-state index in [1.54, 1.807) is 0 Å². The highest BCUT2D eigenvalue weighted by Crippen LogP contribution is 2.40. The summed E-state index contributed by atoms with van der Waals surface area (Å²) in [5.74, 6) is 0.223. The number of hydrogen-bond acceptors (Lipinski definition) is 2. The molecule has 1 rings (SSSR count). The van der Waals surface area contributed by atoms with Crippen LogP contribution in [-0.4, -0.2) is 19.0 Å². The van der Waals surface area contributed by atoms with Gasteiger partial charge in [0, 0.05) is 23.4 Å². The molecule has 0 atom stereocenters. The second-order valence-electron chi connectivity index (χ2n) is 4.76. The van der Waals surface area contributed by atoms with E-state index in [1.165, 1.54) is 12.8 Å². The van der Waals surface area contributed by atoms with Gasteiger partial charge in [-0.2, -0.15) is 0 Å². The molecule has 0 radical (unpaired) electrons. The summed E-state index contributed by atoms with van der Waals surface area (Å²) in [6, 6.07) is 0. The Morgan fingerprint density at radius 3 is 2.71 bits per heavy atom. The van der Waals surface area contributed by atoms with Crippen molar-refractivity contribution >= 4 is 5.91 Å². The predicted octanol–water partition coefficient (Wildman–Crippen LogP) is 3.16. The Bertz CT molecular complexity index is 291. The Labute approximate surface area is 103 Å². The molecule has 0 unspecified atom stereocenters. The molecule has 1 aliphatic carbocycles. The topological polar surface area (TPSA) is 77.9 Å². The molecule has 5 heteroatoms. The molecule has 1 N–H and O–H groups in total. The van der Waals surface area contributed by atoms with Gasteiger partial charge in [0.1, 0.15) is 0 Å². The van der Waals surface area contributed by atoms with Gasteiger partial charge in [0.2, 0.25) is 5.91 Å². The zero-order valence-electron chi connectivity index (χ0n) is 10.6. The van der Waals surface area contributed by atoms with Gasteiger partial charge in [0.05, 0.1) is 0 Å². The van der Waals surface area contributed by atoms with Gasteiger partial charge in [-0.05, 0) is 37.6 Å². The molecule has 17 heavy (non-hydrogen) atoms. The molecule has 96 valence electrons. The standard InChI is InChI=1S/C12H22N4O/c1-2-12(7-3-4-8-12)11(17)14-9-5-6-10-15-16-13/h2-10H2,1H3,(H,14,17). The SMILES string of the molecule is CCC1(C(=O)NCCCCN=[N+]=[N-])CCCC1. The summed E-state index contributed by atoms with van der Waals surface area (Å²) in [7, 11) is 0. The van der Waals surface area contributed by atoms with E-state index in [-0.39, 0.29) is 11.3 Å². The summed E-state index contributed by atoms with van der Waals surface area (Å²) < 4.78 is 0. The molecule has 1 saturated carbocycles. The van der Waals surface area contributed by atoms with E-state index in [4.69, 9.17) is 5.53 Å². The number of amides is 1. The Balaban J connectivity index is 2.22. The molecule has 5 nitrogen and oxygen atoms in total. The van der Waals surface area contributed by atoms with Gasteiger partial charge in [-0.25, -0.2) is 0 Å². The van der Waals surface area contributed by atoms with Crippen molar-refractivity contribution in [3.63, 3.8) is 0 Å². The van der Waals surface area contributed by atoms with Crippen LogP contribution in [-0.2, 0) is 4.79 Å². The highest BCUT2D eigenvalue weighted by Gasteiger charge is 2.38. The van der Waals surface area contributed by atoms with E-state index in [1.807, 2.05) is 0 Å². The van der Waals surface area contributed by atoms with Crippen molar-refractivity contribution in [1.82, 2.24) is 5.32 Å². The van der Waals surface area contributed by atoms with Crippen LogP contribution in [0.1, 0.15) is 51.9 Å². The van der Waals surface area contributed by atoms with Crippen LogP contribution in [0.5, 0.6) is 0 Å². The highest BCUT2D eigenvalue weighted by molar-refractivity contribution is 5.82. The lowest BCUT2D eigenvalue weighted by molar-refractivity contribution is -0.131. The first kappa shape index (κ1) is 13.8. The van der Waals surface area contributed by atoms with Crippen LogP contribution in [0, 0.1) is 5.41 Å². The smallest absolute Gasteiger partial charge is 0.226 e. The number of rotatable bonds is 7. The van der Waals surface area contributed by atoms with Crippen LogP contribution in [0.15, 0.2) is 5.11 Å².